The Hall–Kier alpha value is -2.52. The van der Waals surface area contributed by atoms with E-state index in [0.29, 0.717) is 0 Å². The quantitative estimate of drug-likeness (QED) is 0.510. The van der Waals surface area contributed by atoms with Crippen molar-refractivity contribution in [3.05, 3.63) is 71.3 Å². The molecule has 0 unspecified atom stereocenters. The first-order chi connectivity index (χ1) is 12.1. The minimum absolute atomic E-state index is 0.0179. The Morgan fingerprint density at radius 1 is 0.840 bits per heavy atom. The number of aryl methyl sites for hydroxylation is 1. The first-order valence-corrected chi connectivity index (χ1v) is 8.84. The zero-order valence-electron chi connectivity index (χ0n) is 15.2. The average Bonchev–Trinajstić information content (AvgIpc) is 2.65. The molecular weight excluding hydrogens is 310 g/mol. The average molecular weight is 337 g/mol. The van der Waals surface area contributed by atoms with E-state index in [4.69, 9.17) is 0 Å². The fourth-order valence-electron chi connectivity index (χ4n) is 2.89. The first-order valence-electron chi connectivity index (χ1n) is 8.84. The van der Waals surface area contributed by atoms with E-state index in [2.05, 4.69) is 54.7 Å². The highest BCUT2D eigenvalue weighted by Crippen LogP contribution is 2.29. The second kappa shape index (κ2) is 9.09. The lowest BCUT2D eigenvalue weighted by Gasteiger charge is -2.17. The van der Waals surface area contributed by atoms with Crippen LogP contribution in [0.1, 0.15) is 30.5 Å². The first kappa shape index (κ1) is 18.8. The third kappa shape index (κ3) is 4.74. The van der Waals surface area contributed by atoms with Crippen LogP contribution in [0, 0.1) is 6.92 Å². The lowest BCUT2D eigenvalue weighted by atomic mass is 10.0. The van der Waals surface area contributed by atoms with Gasteiger partial charge in [0.25, 0.3) is 0 Å². The number of phenolic OH excluding ortho intramolecular Hbond substituents is 2. The normalized spacial score (nSPS) is 12.3. The fourth-order valence-corrected chi connectivity index (χ4v) is 2.89. The van der Waals surface area contributed by atoms with Gasteiger partial charge in [0.1, 0.15) is 0 Å². The van der Waals surface area contributed by atoms with E-state index in [1.165, 1.54) is 16.3 Å². The third-order valence-corrected chi connectivity index (χ3v) is 4.19. The van der Waals surface area contributed by atoms with Crippen molar-refractivity contribution in [1.82, 2.24) is 5.32 Å². The summed E-state index contributed by atoms with van der Waals surface area (Å²) >= 11 is 0. The van der Waals surface area contributed by atoms with Gasteiger partial charge in [-0.25, -0.2) is 0 Å². The summed E-state index contributed by atoms with van der Waals surface area (Å²) in [5, 5.41) is 24.3. The van der Waals surface area contributed by atoms with Gasteiger partial charge in [-0.05, 0) is 59.5 Å². The van der Waals surface area contributed by atoms with Crippen molar-refractivity contribution < 1.29 is 10.2 Å². The van der Waals surface area contributed by atoms with E-state index in [9.17, 15) is 10.2 Å². The molecule has 1 aliphatic rings. The fraction of sp³-hybridized carbons (Fsp3) is 0.273. The van der Waals surface area contributed by atoms with E-state index in [1.807, 2.05) is 13.8 Å². The number of fused-ring (bicyclic) bond motifs is 2. The summed E-state index contributed by atoms with van der Waals surface area (Å²) in [4.78, 5) is 0. The Morgan fingerprint density at radius 2 is 1.48 bits per heavy atom. The second-order valence-corrected chi connectivity index (χ2v) is 5.83. The lowest BCUT2D eigenvalue weighted by molar-refractivity contribution is 0.401. The molecule has 0 aromatic heterocycles. The number of hydrogen-bond acceptors (Lipinski definition) is 3. The number of phenols is 2. The zero-order chi connectivity index (χ0) is 18.2. The van der Waals surface area contributed by atoms with Crippen molar-refractivity contribution >= 4 is 10.8 Å². The summed E-state index contributed by atoms with van der Waals surface area (Å²) in [7, 11) is 0. The van der Waals surface area contributed by atoms with E-state index < -0.39 is 0 Å². The topological polar surface area (TPSA) is 52.5 Å². The molecule has 25 heavy (non-hydrogen) atoms. The SMILES string of the molecule is CC.Cc1cccc2ccccc12.Oc1cc2c(cc1O)CNCC2. The van der Waals surface area contributed by atoms with Crippen LogP contribution in [0.3, 0.4) is 0 Å². The number of hydrogen-bond donors (Lipinski definition) is 3. The predicted molar refractivity (Wildman–Crippen MR) is 105 cm³/mol. The molecule has 0 spiro atoms. The molecule has 0 saturated carbocycles. The summed E-state index contributed by atoms with van der Waals surface area (Å²) in [6, 6.07) is 18.1. The molecular formula is C22H27NO2. The van der Waals surface area contributed by atoms with E-state index in [-0.39, 0.29) is 11.5 Å². The molecule has 0 radical (unpaired) electrons. The van der Waals surface area contributed by atoms with Crippen LogP contribution in [-0.2, 0) is 13.0 Å². The van der Waals surface area contributed by atoms with Gasteiger partial charge in [0.05, 0.1) is 0 Å². The van der Waals surface area contributed by atoms with Gasteiger partial charge in [-0.2, -0.15) is 0 Å². The van der Waals surface area contributed by atoms with Crippen LogP contribution in [0.15, 0.2) is 54.6 Å². The Kier molecular flexibility index (Phi) is 6.84. The molecule has 132 valence electrons. The standard InChI is InChI=1S/C11H10.C9H11NO2.C2H6/c1-9-5-4-7-10-6-2-3-8-11(9)10;11-8-3-6-1-2-10-5-7(6)4-9(8)12;1-2/h2-8H,1H3;3-4,10-12H,1-2,5H2;1-2H3. The van der Waals surface area contributed by atoms with Gasteiger partial charge in [0.15, 0.2) is 11.5 Å². The highest BCUT2D eigenvalue weighted by molar-refractivity contribution is 5.85. The molecule has 4 rings (SSSR count). The largest absolute Gasteiger partial charge is 0.504 e. The Bertz CT molecular complexity index is 791. The molecule has 1 aliphatic heterocycles. The Balaban J connectivity index is 0.000000165. The Morgan fingerprint density at radius 3 is 2.20 bits per heavy atom. The summed E-state index contributed by atoms with van der Waals surface area (Å²) in [6.07, 6.45) is 0.920. The molecule has 3 nitrogen and oxygen atoms in total. The summed E-state index contributed by atoms with van der Waals surface area (Å²) < 4.78 is 0. The van der Waals surface area contributed by atoms with Crippen LogP contribution in [0.4, 0.5) is 0 Å². The molecule has 0 atom stereocenters. The van der Waals surface area contributed by atoms with Crippen molar-refractivity contribution in [3.8, 4) is 11.5 Å². The van der Waals surface area contributed by atoms with Crippen molar-refractivity contribution in [2.24, 2.45) is 0 Å². The minimum Gasteiger partial charge on any atom is -0.504 e. The van der Waals surface area contributed by atoms with Gasteiger partial charge in [0.2, 0.25) is 0 Å². The van der Waals surface area contributed by atoms with E-state index in [0.717, 1.165) is 30.6 Å². The summed E-state index contributed by atoms with van der Waals surface area (Å²) in [5.74, 6) is -0.0481. The minimum atomic E-state index is -0.0301. The van der Waals surface area contributed by atoms with Gasteiger partial charge in [-0.15, -0.1) is 0 Å². The molecule has 1 heterocycles. The van der Waals surface area contributed by atoms with Crippen LogP contribution in [0.5, 0.6) is 11.5 Å². The number of aromatic hydroxyl groups is 2. The molecule has 3 heteroatoms. The maximum Gasteiger partial charge on any atom is 0.157 e. The molecule has 0 aliphatic carbocycles. The maximum atomic E-state index is 9.20. The van der Waals surface area contributed by atoms with E-state index in [1.54, 1.807) is 12.1 Å². The smallest absolute Gasteiger partial charge is 0.157 e. The monoisotopic (exact) mass is 337 g/mol. The summed E-state index contributed by atoms with van der Waals surface area (Å²) in [6.45, 7) is 7.86. The zero-order valence-corrected chi connectivity index (χ0v) is 15.2. The highest BCUT2D eigenvalue weighted by atomic mass is 16.3. The van der Waals surface area contributed by atoms with Crippen molar-refractivity contribution in [1.29, 1.82) is 0 Å². The Labute approximate surface area is 150 Å². The van der Waals surface area contributed by atoms with E-state index >= 15 is 0 Å². The molecule has 0 amide bonds. The molecule has 3 aromatic carbocycles. The van der Waals surface area contributed by atoms with Gasteiger partial charge in [-0.3, -0.25) is 0 Å². The van der Waals surface area contributed by atoms with Crippen LogP contribution in [0.2, 0.25) is 0 Å². The lowest BCUT2D eigenvalue weighted by Crippen LogP contribution is -2.23. The maximum absolute atomic E-state index is 9.20. The van der Waals surface area contributed by atoms with Crippen LogP contribution < -0.4 is 5.32 Å². The molecule has 3 N–H and O–H groups in total. The number of rotatable bonds is 0. The van der Waals surface area contributed by atoms with Crippen molar-refractivity contribution in [2.45, 2.75) is 33.7 Å². The molecule has 0 bridgehead atoms. The molecule has 3 aromatic rings. The van der Waals surface area contributed by atoms with Crippen molar-refractivity contribution in [2.75, 3.05) is 6.54 Å². The molecule has 0 fully saturated rings. The van der Waals surface area contributed by atoms with Gasteiger partial charge in [0, 0.05) is 6.54 Å². The summed E-state index contributed by atoms with van der Waals surface area (Å²) in [5.41, 5.74) is 3.56. The van der Waals surface area contributed by atoms with Gasteiger partial charge in [-0.1, -0.05) is 56.3 Å². The molecule has 0 saturated heterocycles. The predicted octanol–water partition coefficient (Wildman–Crippen LogP) is 4.92. The van der Waals surface area contributed by atoms with Crippen LogP contribution in [0.25, 0.3) is 10.8 Å². The number of benzene rings is 3. The van der Waals surface area contributed by atoms with Crippen LogP contribution in [-0.4, -0.2) is 16.8 Å². The third-order valence-electron chi connectivity index (χ3n) is 4.19. The second-order valence-electron chi connectivity index (χ2n) is 5.83. The van der Waals surface area contributed by atoms with Gasteiger partial charge < -0.3 is 15.5 Å². The van der Waals surface area contributed by atoms with Crippen LogP contribution >= 0.6 is 0 Å². The highest BCUT2D eigenvalue weighted by Gasteiger charge is 2.11. The van der Waals surface area contributed by atoms with Gasteiger partial charge >= 0.3 is 0 Å². The van der Waals surface area contributed by atoms with Crippen molar-refractivity contribution in [3.63, 3.8) is 0 Å². The number of nitrogens with one attached hydrogen (secondary N) is 1.